The fourth-order valence-corrected chi connectivity index (χ4v) is 4.96. The summed E-state index contributed by atoms with van der Waals surface area (Å²) in [6.45, 7) is 14.8. The lowest BCUT2D eigenvalue weighted by atomic mass is 9.66. The number of hydrogen-bond donors (Lipinski definition) is 1. The van der Waals surface area contributed by atoms with Gasteiger partial charge in [-0.05, 0) is 53.1 Å². The summed E-state index contributed by atoms with van der Waals surface area (Å²) >= 11 is 0. The quantitative estimate of drug-likeness (QED) is 0.270. The van der Waals surface area contributed by atoms with Gasteiger partial charge in [-0.15, -0.1) is 0 Å². The highest BCUT2D eigenvalue weighted by atomic mass is 16.6. The number of hydrogen-bond acceptors (Lipinski definition) is 3. The number of nitrogens with zero attached hydrogens (tertiary/aromatic N) is 1. The van der Waals surface area contributed by atoms with E-state index in [4.69, 9.17) is 10.2 Å². The second kappa shape index (κ2) is 6.94. The first-order chi connectivity index (χ1) is 14.1. The van der Waals surface area contributed by atoms with E-state index in [0.29, 0.717) is 6.42 Å². The van der Waals surface area contributed by atoms with Gasteiger partial charge in [0.15, 0.2) is 0 Å². The molecular weight excluding hydrogens is 368 g/mol. The van der Waals surface area contributed by atoms with E-state index in [0.717, 1.165) is 5.56 Å². The van der Waals surface area contributed by atoms with Crippen molar-refractivity contribution in [3.8, 4) is 0 Å². The van der Waals surface area contributed by atoms with E-state index in [1.807, 2.05) is 0 Å². The zero-order valence-electron chi connectivity index (χ0n) is 18.8. The van der Waals surface area contributed by atoms with E-state index in [-0.39, 0.29) is 22.1 Å². The van der Waals surface area contributed by atoms with Gasteiger partial charge in [-0.1, -0.05) is 81.4 Å². The summed E-state index contributed by atoms with van der Waals surface area (Å²) in [4.78, 5) is 4.82. The van der Waals surface area contributed by atoms with Gasteiger partial charge in [-0.3, -0.25) is 5.41 Å². The number of benzene rings is 2. The molecule has 0 bridgehead atoms. The van der Waals surface area contributed by atoms with Crippen molar-refractivity contribution in [2.75, 3.05) is 0 Å². The molecule has 0 aliphatic heterocycles. The second-order valence-electron chi connectivity index (χ2n) is 10.1. The van der Waals surface area contributed by atoms with Crippen molar-refractivity contribution in [1.82, 2.24) is 0 Å². The third kappa shape index (κ3) is 3.40. The lowest BCUT2D eigenvalue weighted by Gasteiger charge is -2.38. The Hall–Kier alpha value is -2.68. The summed E-state index contributed by atoms with van der Waals surface area (Å²) in [6, 6.07) is 13.6. The Balaban J connectivity index is 1.71. The Morgan fingerprint density at radius 3 is 2.07 bits per heavy atom. The highest BCUT2D eigenvalue weighted by Gasteiger charge is 2.47. The van der Waals surface area contributed by atoms with Crippen molar-refractivity contribution in [1.29, 1.82) is 5.41 Å². The molecule has 2 aromatic carbocycles. The van der Waals surface area contributed by atoms with Gasteiger partial charge in [0.1, 0.15) is 0 Å². The van der Waals surface area contributed by atoms with Crippen LogP contribution in [-0.4, -0.2) is 12.6 Å². The van der Waals surface area contributed by atoms with Crippen molar-refractivity contribution in [2.24, 2.45) is 5.16 Å². The van der Waals surface area contributed by atoms with Crippen LogP contribution in [0.15, 0.2) is 53.7 Å². The van der Waals surface area contributed by atoms with Gasteiger partial charge in [-0.25, -0.2) is 0 Å². The molecule has 0 unspecified atom stereocenters. The molecule has 0 heterocycles. The first-order valence-corrected chi connectivity index (χ1v) is 10.8. The summed E-state index contributed by atoms with van der Waals surface area (Å²) in [5.74, 6) is 0.113. The summed E-state index contributed by atoms with van der Waals surface area (Å²) < 4.78 is 0. The zero-order valence-corrected chi connectivity index (χ0v) is 18.8. The Bertz CT molecular complexity index is 1040. The van der Waals surface area contributed by atoms with Crippen molar-refractivity contribution >= 4 is 12.6 Å². The van der Waals surface area contributed by atoms with Crippen LogP contribution in [0.1, 0.15) is 73.9 Å². The minimum Gasteiger partial charge on any atom is -0.342 e. The van der Waals surface area contributed by atoms with Gasteiger partial charge in [0.25, 0.3) is 0 Å². The lowest BCUT2D eigenvalue weighted by molar-refractivity contribution is 0.321. The molecule has 0 saturated heterocycles. The van der Waals surface area contributed by atoms with Gasteiger partial charge in [-0.2, -0.15) is 0 Å². The molecular formula is C27H32N2O. The van der Waals surface area contributed by atoms with Gasteiger partial charge in [0.2, 0.25) is 5.90 Å². The molecule has 0 aromatic heterocycles. The summed E-state index contributed by atoms with van der Waals surface area (Å²) in [5.41, 5.74) is 8.43. The Kier molecular flexibility index (Phi) is 4.76. The molecule has 4 rings (SSSR count). The van der Waals surface area contributed by atoms with Crippen LogP contribution in [-0.2, 0) is 27.5 Å². The molecule has 1 N–H and O–H groups in total. The maximum Gasteiger partial charge on any atom is 0.221 e. The Morgan fingerprint density at radius 2 is 1.53 bits per heavy atom. The number of aryl methyl sites for hydroxylation is 1. The number of nitrogens with one attached hydrogen (secondary N) is 1. The van der Waals surface area contributed by atoms with E-state index in [2.05, 4.69) is 95.0 Å². The van der Waals surface area contributed by atoms with Crippen LogP contribution in [0.5, 0.6) is 0 Å². The van der Waals surface area contributed by atoms with Crippen LogP contribution < -0.4 is 0 Å². The third-order valence-electron chi connectivity index (χ3n) is 6.98. The lowest BCUT2D eigenvalue weighted by Crippen LogP contribution is -2.30. The molecule has 3 nitrogen and oxygen atoms in total. The van der Waals surface area contributed by atoms with Crippen LogP contribution >= 0.6 is 0 Å². The van der Waals surface area contributed by atoms with Crippen LogP contribution in [0, 0.1) is 12.3 Å². The topological polar surface area (TPSA) is 45.4 Å². The fourth-order valence-electron chi connectivity index (χ4n) is 4.96. The number of oxime groups is 1. The smallest absolute Gasteiger partial charge is 0.221 e. The average molecular weight is 401 g/mol. The first kappa shape index (κ1) is 20.6. The van der Waals surface area contributed by atoms with E-state index in [1.165, 1.54) is 40.7 Å². The summed E-state index contributed by atoms with van der Waals surface area (Å²) in [6.07, 6.45) is 7.54. The van der Waals surface area contributed by atoms with Gasteiger partial charge in [0.05, 0.1) is 6.42 Å². The Morgan fingerprint density at radius 1 is 0.967 bits per heavy atom. The first-order valence-electron chi connectivity index (χ1n) is 10.8. The molecule has 0 atom stereocenters. The van der Waals surface area contributed by atoms with Crippen molar-refractivity contribution in [3.05, 3.63) is 81.9 Å². The molecule has 0 radical (unpaired) electrons. The van der Waals surface area contributed by atoms with Crippen LogP contribution in [0.2, 0.25) is 0 Å². The van der Waals surface area contributed by atoms with E-state index < -0.39 is 0 Å². The average Bonchev–Trinajstić information content (AvgIpc) is 3.48. The molecule has 0 amide bonds. The molecule has 30 heavy (non-hydrogen) atoms. The SMILES string of the molecule is C=NOC(=N)Cc1ccc(C2(c3cc4c(cc3C)C(C)(C)C=CC4(C)C)CC2)cc1. The minimum atomic E-state index is 0.0484. The van der Waals surface area contributed by atoms with Crippen LogP contribution in [0.4, 0.5) is 0 Å². The number of fused-ring (bicyclic) bond motifs is 1. The van der Waals surface area contributed by atoms with Crippen molar-refractivity contribution in [2.45, 2.75) is 70.1 Å². The third-order valence-corrected chi connectivity index (χ3v) is 6.98. The van der Waals surface area contributed by atoms with Crippen LogP contribution in [0.25, 0.3) is 0 Å². The van der Waals surface area contributed by atoms with Crippen molar-refractivity contribution in [3.63, 3.8) is 0 Å². The minimum absolute atomic E-state index is 0.0484. The normalized spacial score (nSPS) is 19.6. The van der Waals surface area contributed by atoms with Crippen LogP contribution in [0.3, 0.4) is 0 Å². The molecule has 1 saturated carbocycles. The maximum absolute atomic E-state index is 7.77. The summed E-state index contributed by atoms with van der Waals surface area (Å²) in [5, 5.41) is 11.1. The predicted molar refractivity (Wildman–Crippen MR) is 125 cm³/mol. The monoisotopic (exact) mass is 400 g/mol. The highest BCUT2D eigenvalue weighted by Crippen LogP contribution is 2.56. The van der Waals surface area contributed by atoms with Gasteiger partial charge in [0, 0.05) is 23.0 Å². The van der Waals surface area contributed by atoms with Gasteiger partial charge < -0.3 is 4.84 Å². The molecule has 2 aliphatic rings. The standard InChI is InChI=1S/C27H32N2O/c1-18-15-22-23(26(4,5)12-11-25(22,2)3)17-21(18)27(13-14-27)20-9-7-19(8-10-20)16-24(28)30-29-6/h7-12,15,17,28H,6,13-14,16H2,1-5H3. The molecule has 156 valence electrons. The summed E-state index contributed by atoms with van der Waals surface area (Å²) in [7, 11) is 0. The molecule has 3 heteroatoms. The fraction of sp³-hybridized carbons (Fsp3) is 0.407. The Labute approximate surface area is 180 Å². The molecule has 0 spiro atoms. The molecule has 1 fully saturated rings. The largest absolute Gasteiger partial charge is 0.342 e. The van der Waals surface area contributed by atoms with E-state index in [1.54, 1.807) is 0 Å². The van der Waals surface area contributed by atoms with E-state index >= 15 is 0 Å². The second-order valence-corrected chi connectivity index (χ2v) is 10.1. The number of rotatable bonds is 5. The van der Waals surface area contributed by atoms with E-state index in [9.17, 15) is 0 Å². The highest BCUT2D eigenvalue weighted by molar-refractivity contribution is 5.75. The number of allylic oxidation sites excluding steroid dienone is 2. The molecule has 2 aromatic rings. The van der Waals surface area contributed by atoms with Gasteiger partial charge >= 0.3 is 0 Å². The zero-order chi connectivity index (χ0) is 21.7. The predicted octanol–water partition coefficient (Wildman–Crippen LogP) is 6.35. The maximum atomic E-state index is 7.77. The van der Waals surface area contributed by atoms with Crippen molar-refractivity contribution < 1.29 is 4.84 Å². The molecule has 2 aliphatic carbocycles.